The molecule has 3 heterocycles. The van der Waals surface area contributed by atoms with Crippen molar-refractivity contribution in [2.24, 2.45) is 0 Å². The second-order valence-corrected chi connectivity index (χ2v) is 7.66. The molecule has 0 radical (unpaired) electrons. The lowest BCUT2D eigenvalue weighted by Gasteiger charge is -2.22. The molecule has 2 aromatic heterocycles. The van der Waals surface area contributed by atoms with Crippen molar-refractivity contribution in [1.82, 2.24) is 15.0 Å². The van der Waals surface area contributed by atoms with Crippen LogP contribution in [0.3, 0.4) is 0 Å². The lowest BCUT2D eigenvalue weighted by atomic mass is 10.1. The fourth-order valence-electron chi connectivity index (χ4n) is 3.55. The van der Waals surface area contributed by atoms with Crippen molar-refractivity contribution in [3.8, 4) is 11.3 Å². The Morgan fingerprint density at radius 1 is 1.15 bits per heavy atom. The summed E-state index contributed by atoms with van der Waals surface area (Å²) in [7, 11) is 0. The fourth-order valence-corrected chi connectivity index (χ4v) is 4.21. The number of carbonyl (C=O) groups is 1. The molecule has 6 heteroatoms. The summed E-state index contributed by atoms with van der Waals surface area (Å²) in [4.78, 5) is 17.6. The molecule has 0 spiro atoms. The summed E-state index contributed by atoms with van der Waals surface area (Å²) in [6, 6.07) is 11.9. The Hall–Kier alpha value is -2.44. The standard InChI is InChI=1S/C21H23N3O2S/c1-16-19(20(22-26-16)18-6-3-2-4-7-18)21(25)24-10-5-9-23(11-12-24)14-17-8-13-27-15-17/h2-4,6-8,13,15H,5,9-12,14H2,1H3. The molecule has 1 aliphatic heterocycles. The van der Waals surface area contributed by atoms with Gasteiger partial charge in [-0.05, 0) is 35.7 Å². The number of hydrogen-bond donors (Lipinski definition) is 0. The maximum absolute atomic E-state index is 13.3. The predicted octanol–water partition coefficient (Wildman–Crippen LogP) is 4.06. The number of aromatic nitrogens is 1. The molecule has 1 saturated heterocycles. The van der Waals surface area contributed by atoms with Gasteiger partial charge in [0.05, 0.1) is 0 Å². The van der Waals surface area contributed by atoms with Crippen LogP contribution >= 0.6 is 11.3 Å². The quantitative estimate of drug-likeness (QED) is 0.684. The zero-order valence-corrected chi connectivity index (χ0v) is 16.2. The number of amides is 1. The summed E-state index contributed by atoms with van der Waals surface area (Å²) in [5.41, 5.74) is 3.48. The second kappa shape index (κ2) is 8.06. The summed E-state index contributed by atoms with van der Waals surface area (Å²) in [6.07, 6.45) is 0.973. The first kappa shape index (κ1) is 17.9. The highest BCUT2D eigenvalue weighted by Crippen LogP contribution is 2.26. The van der Waals surface area contributed by atoms with Gasteiger partial charge in [0, 0.05) is 38.3 Å². The Labute approximate surface area is 163 Å². The summed E-state index contributed by atoms with van der Waals surface area (Å²) >= 11 is 1.73. The average Bonchev–Trinajstić information content (AvgIpc) is 3.27. The molecule has 4 rings (SSSR count). The number of carbonyl (C=O) groups excluding carboxylic acids is 1. The fraction of sp³-hybridized carbons (Fsp3) is 0.333. The zero-order chi connectivity index (χ0) is 18.6. The zero-order valence-electron chi connectivity index (χ0n) is 15.4. The maximum Gasteiger partial charge on any atom is 0.259 e. The van der Waals surface area contributed by atoms with Crippen molar-refractivity contribution < 1.29 is 9.32 Å². The largest absolute Gasteiger partial charge is 0.360 e. The van der Waals surface area contributed by atoms with Gasteiger partial charge in [0.15, 0.2) is 0 Å². The third-order valence-electron chi connectivity index (χ3n) is 4.99. The van der Waals surface area contributed by atoms with Crippen LogP contribution in [0.25, 0.3) is 11.3 Å². The first-order chi connectivity index (χ1) is 13.2. The molecule has 27 heavy (non-hydrogen) atoms. The molecular formula is C21H23N3O2S. The van der Waals surface area contributed by atoms with Crippen LogP contribution < -0.4 is 0 Å². The lowest BCUT2D eigenvalue weighted by molar-refractivity contribution is 0.0760. The van der Waals surface area contributed by atoms with Crippen LogP contribution in [-0.4, -0.2) is 47.0 Å². The van der Waals surface area contributed by atoms with Gasteiger partial charge in [0.1, 0.15) is 17.0 Å². The van der Waals surface area contributed by atoms with Crippen LogP contribution in [-0.2, 0) is 6.54 Å². The van der Waals surface area contributed by atoms with Crippen molar-refractivity contribution in [1.29, 1.82) is 0 Å². The molecule has 1 aliphatic rings. The number of aryl methyl sites for hydroxylation is 1. The van der Waals surface area contributed by atoms with Gasteiger partial charge in [-0.3, -0.25) is 9.69 Å². The average molecular weight is 382 g/mol. The highest BCUT2D eigenvalue weighted by atomic mass is 32.1. The molecule has 0 unspecified atom stereocenters. The van der Waals surface area contributed by atoms with E-state index in [0.29, 0.717) is 17.0 Å². The number of hydrogen-bond acceptors (Lipinski definition) is 5. The van der Waals surface area contributed by atoms with E-state index in [9.17, 15) is 4.79 Å². The number of thiophene rings is 1. The van der Waals surface area contributed by atoms with Gasteiger partial charge in [0.25, 0.3) is 5.91 Å². The van der Waals surface area contributed by atoms with Crippen LogP contribution in [0.2, 0.25) is 0 Å². The van der Waals surface area contributed by atoms with E-state index < -0.39 is 0 Å². The maximum atomic E-state index is 13.3. The highest BCUT2D eigenvalue weighted by molar-refractivity contribution is 7.07. The van der Waals surface area contributed by atoms with E-state index in [2.05, 4.69) is 26.9 Å². The lowest BCUT2D eigenvalue weighted by Crippen LogP contribution is -2.35. The number of benzene rings is 1. The van der Waals surface area contributed by atoms with Crippen LogP contribution in [0, 0.1) is 6.92 Å². The third kappa shape index (κ3) is 3.96. The van der Waals surface area contributed by atoms with Crippen molar-refractivity contribution in [2.45, 2.75) is 19.9 Å². The molecule has 5 nitrogen and oxygen atoms in total. The summed E-state index contributed by atoms with van der Waals surface area (Å²) in [6.45, 7) is 6.14. The highest BCUT2D eigenvalue weighted by Gasteiger charge is 2.27. The topological polar surface area (TPSA) is 49.6 Å². The molecular weight excluding hydrogens is 358 g/mol. The van der Waals surface area contributed by atoms with Gasteiger partial charge in [-0.1, -0.05) is 35.5 Å². The van der Waals surface area contributed by atoms with E-state index in [1.807, 2.05) is 42.2 Å². The van der Waals surface area contributed by atoms with Gasteiger partial charge >= 0.3 is 0 Å². The smallest absolute Gasteiger partial charge is 0.259 e. The predicted molar refractivity (Wildman–Crippen MR) is 107 cm³/mol. The molecule has 0 N–H and O–H groups in total. The Kier molecular flexibility index (Phi) is 5.36. The van der Waals surface area contributed by atoms with E-state index in [1.165, 1.54) is 5.56 Å². The molecule has 0 saturated carbocycles. The van der Waals surface area contributed by atoms with Crippen LogP contribution in [0.4, 0.5) is 0 Å². The van der Waals surface area contributed by atoms with Crippen LogP contribution in [0.15, 0.2) is 51.7 Å². The molecule has 0 atom stereocenters. The second-order valence-electron chi connectivity index (χ2n) is 6.88. The van der Waals surface area contributed by atoms with E-state index in [4.69, 9.17) is 4.52 Å². The van der Waals surface area contributed by atoms with Gasteiger partial charge in [-0.15, -0.1) is 0 Å². The first-order valence-electron chi connectivity index (χ1n) is 9.27. The minimum absolute atomic E-state index is 0.0185. The molecule has 1 aromatic carbocycles. The molecule has 1 fully saturated rings. The molecule has 140 valence electrons. The minimum Gasteiger partial charge on any atom is -0.360 e. The van der Waals surface area contributed by atoms with Gasteiger partial charge in [0.2, 0.25) is 0 Å². The number of rotatable bonds is 4. The molecule has 1 amide bonds. The Morgan fingerprint density at radius 3 is 2.78 bits per heavy atom. The van der Waals surface area contributed by atoms with Crippen LogP contribution in [0.5, 0.6) is 0 Å². The van der Waals surface area contributed by atoms with E-state index in [1.54, 1.807) is 11.3 Å². The molecule has 3 aromatic rings. The Balaban J connectivity index is 1.50. The SMILES string of the molecule is Cc1onc(-c2ccccc2)c1C(=O)N1CCCN(Cc2ccsc2)CC1. The van der Waals surface area contributed by atoms with Crippen molar-refractivity contribution in [3.05, 3.63) is 64.0 Å². The van der Waals surface area contributed by atoms with Crippen LogP contribution in [0.1, 0.15) is 28.1 Å². The summed E-state index contributed by atoms with van der Waals surface area (Å²) in [5.74, 6) is 0.600. The summed E-state index contributed by atoms with van der Waals surface area (Å²) < 4.78 is 5.38. The van der Waals surface area contributed by atoms with E-state index in [-0.39, 0.29) is 5.91 Å². The first-order valence-corrected chi connectivity index (χ1v) is 10.2. The Bertz CT molecular complexity index is 890. The van der Waals surface area contributed by atoms with Crippen molar-refractivity contribution in [2.75, 3.05) is 26.2 Å². The third-order valence-corrected chi connectivity index (χ3v) is 5.72. The van der Waals surface area contributed by atoms with E-state index in [0.717, 1.165) is 44.7 Å². The van der Waals surface area contributed by atoms with Crippen molar-refractivity contribution >= 4 is 17.2 Å². The Morgan fingerprint density at radius 2 is 2.00 bits per heavy atom. The van der Waals surface area contributed by atoms with Gasteiger partial charge < -0.3 is 9.42 Å². The molecule has 0 bridgehead atoms. The van der Waals surface area contributed by atoms with Gasteiger partial charge in [-0.2, -0.15) is 11.3 Å². The van der Waals surface area contributed by atoms with E-state index >= 15 is 0 Å². The normalized spacial score (nSPS) is 15.7. The molecule has 0 aliphatic carbocycles. The summed E-state index contributed by atoms with van der Waals surface area (Å²) in [5, 5.41) is 8.47. The monoisotopic (exact) mass is 381 g/mol. The van der Waals surface area contributed by atoms with Crippen molar-refractivity contribution in [3.63, 3.8) is 0 Å². The number of nitrogens with zero attached hydrogens (tertiary/aromatic N) is 3. The minimum atomic E-state index is 0.0185. The van der Waals surface area contributed by atoms with Gasteiger partial charge in [-0.25, -0.2) is 0 Å².